The van der Waals surface area contributed by atoms with Crippen LogP contribution < -0.4 is 4.74 Å². The third-order valence-electron chi connectivity index (χ3n) is 3.09. The maximum Gasteiger partial charge on any atom is 0.224 e. The molecule has 1 fully saturated rings. The van der Waals surface area contributed by atoms with Crippen LogP contribution in [0.3, 0.4) is 0 Å². The van der Waals surface area contributed by atoms with Gasteiger partial charge < -0.3 is 24.4 Å². The molecule has 0 unspecified atom stereocenters. The molecule has 2 N–H and O–H groups in total. The van der Waals surface area contributed by atoms with E-state index in [2.05, 4.69) is 0 Å². The fraction of sp³-hybridized carbons (Fsp3) is 0.571. The van der Waals surface area contributed by atoms with E-state index in [0.717, 1.165) is 5.56 Å². The summed E-state index contributed by atoms with van der Waals surface area (Å²) >= 11 is 0. The fourth-order valence-electron chi connectivity index (χ4n) is 2.22. The molecule has 19 heavy (non-hydrogen) atoms. The van der Waals surface area contributed by atoms with Crippen LogP contribution in [0, 0.1) is 0 Å². The van der Waals surface area contributed by atoms with Crippen molar-refractivity contribution in [3.63, 3.8) is 0 Å². The average molecular weight is 268 g/mol. The highest BCUT2D eigenvalue weighted by Crippen LogP contribution is 2.41. The lowest BCUT2D eigenvalue weighted by molar-refractivity contribution is -0.266. The van der Waals surface area contributed by atoms with Gasteiger partial charge in [0.2, 0.25) is 5.79 Å². The van der Waals surface area contributed by atoms with E-state index in [1.165, 1.54) is 0 Å². The van der Waals surface area contributed by atoms with Crippen molar-refractivity contribution in [3.8, 4) is 5.75 Å². The molecular weight excluding hydrogens is 248 g/mol. The van der Waals surface area contributed by atoms with Crippen molar-refractivity contribution in [2.75, 3.05) is 26.4 Å². The Hall–Kier alpha value is -1.14. The quantitative estimate of drug-likeness (QED) is 0.834. The summed E-state index contributed by atoms with van der Waals surface area (Å²) < 4.78 is 16.6. The van der Waals surface area contributed by atoms with E-state index in [4.69, 9.17) is 19.3 Å². The van der Waals surface area contributed by atoms with Crippen molar-refractivity contribution < 1.29 is 24.4 Å². The molecule has 1 aromatic rings. The summed E-state index contributed by atoms with van der Waals surface area (Å²) in [5.41, 5.74) is -0.411. The molecule has 0 atom stereocenters. The minimum Gasteiger partial charge on any atom is -0.491 e. The van der Waals surface area contributed by atoms with Crippen LogP contribution in [0.1, 0.15) is 19.4 Å². The van der Waals surface area contributed by atoms with Crippen LogP contribution in [-0.2, 0) is 15.3 Å². The van der Waals surface area contributed by atoms with Gasteiger partial charge in [-0.1, -0.05) is 0 Å². The zero-order valence-electron chi connectivity index (χ0n) is 11.3. The third kappa shape index (κ3) is 2.74. The van der Waals surface area contributed by atoms with Crippen molar-refractivity contribution in [1.82, 2.24) is 0 Å². The Bertz CT molecular complexity index is 401. The first-order valence-corrected chi connectivity index (χ1v) is 6.34. The van der Waals surface area contributed by atoms with E-state index >= 15 is 0 Å². The summed E-state index contributed by atoms with van der Waals surface area (Å²) in [4.78, 5) is 0. The van der Waals surface area contributed by atoms with Crippen LogP contribution in [0.25, 0.3) is 0 Å². The van der Waals surface area contributed by atoms with Gasteiger partial charge in [-0.3, -0.25) is 0 Å². The molecule has 0 amide bonds. The van der Waals surface area contributed by atoms with Crippen molar-refractivity contribution in [3.05, 3.63) is 29.8 Å². The highest BCUT2D eigenvalue weighted by molar-refractivity contribution is 5.31. The minimum atomic E-state index is -1.16. The van der Waals surface area contributed by atoms with Gasteiger partial charge in [0.1, 0.15) is 18.0 Å². The summed E-state index contributed by atoms with van der Waals surface area (Å²) in [5.74, 6) is -0.482. The zero-order valence-corrected chi connectivity index (χ0v) is 11.3. The lowest BCUT2D eigenvalue weighted by Crippen LogP contribution is -2.48. The van der Waals surface area contributed by atoms with Gasteiger partial charge in [0, 0.05) is 5.56 Å². The van der Waals surface area contributed by atoms with Gasteiger partial charge in [-0.05, 0) is 38.1 Å². The summed E-state index contributed by atoms with van der Waals surface area (Å²) in [6, 6.07) is 7.14. The van der Waals surface area contributed by atoms with E-state index in [1.54, 1.807) is 38.1 Å². The van der Waals surface area contributed by atoms with Crippen LogP contribution >= 0.6 is 0 Å². The van der Waals surface area contributed by atoms with Gasteiger partial charge in [0.25, 0.3) is 0 Å². The lowest BCUT2D eigenvalue weighted by atomic mass is 9.90. The number of hydrogen-bond donors (Lipinski definition) is 2. The predicted octanol–water partition coefficient (Wildman–Crippen LogP) is 1.03. The second kappa shape index (κ2) is 5.46. The van der Waals surface area contributed by atoms with Crippen LogP contribution in [0.15, 0.2) is 24.3 Å². The molecule has 5 heteroatoms. The Morgan fingerprint density at radius 3 is 2.26 bits per heavy atom. The van der Waals surface area contributed by atoms with Gasteiger partial charge in [-0.15, -0.1) is 0 Å². The maximum atomic E-state index is 10.3. The lowest BCUT2D eigenvalue weighted by Gasteiger charge is -2.38. The second-order valence-electron chi connectivity index (χ2n) is 4.97. The van der Waals surface area contributed by atoms with Crippen molar-refractivity contribution in [2.24, 2.45) is 0 Å². The van der Waals surface area contributed by atoms with Crippen LogP contribution in [-0.4, -0.2) is 42.2 Å². The third-order valence-corrected chi connectivity index (χ3v) is 3.09. The van der Waals surface area contributed by atoms with E-state index in [0.29, 0.717) is 19.0 Å². The first kappa shape index (κ1) is 14.3. The van der Waals surface area contributed by atoms with Crippen molar-refractivity contribution in [2.45, 2.75) is 25.2 Å². The predicted molar refractivity (Wildman–Crippen MR) is 68.9 cm³/mol. The first-order valence-electron chi connectivity index (χ1n) is 6.34. The van der Waals surface area contributed by atoms with Gasteiger partial charge in [0.05, 0.1) is 19.8 Å². The number of rotatable bonds is 5. The summed E-state index contributed by atoms with van der Waals surface area (Å²) in [6.45, 7) is 4.45. The van der Waals surface area contributed by atoms with Crippen LogP contribution in [0.2, 0.25) is 0 Å². The highest BCUT2D eigenvalue weighted by Gasteiger charge is 2.51. The molecule has 0 saturated carbocycles. The standard InChI is InChI=1S/C14H20O5/c1-13(2,16)14(18-9-10-19-14)11-3-5-12(6-4-11)17-8-7-15/h3-6,15-16H,7-10H2,1-2H3. The monoisotopic (exact) mass is 268 g/mol. The number of benzene rings is 1. The Balaban J connectivity index is 2.24. The molecule has 0 spiro atoms. The molecule has 1 aliphatic rings. The first-order chi connectivity index (χ1) is 8.99. The molecule has 5 nitrogen and oxygen atoms in total. The largest absolute Gasteiger partial charge is 0.491 e. The Labute approximate surface area is 112 Å². The zero-order chi connectivity index (χ0) is 13.9. The highest BCUT2D eigenvalue weighted by atomic mass is 16.7. The number of hydrogen-bond acceptors (Lipinski definition) is 5. The molecule has 1 aliphatic heterocycles. The summed E-state index contributed by atoms with van der Waals surface area (Å²) in [5, 5.41) is 19.0. The molecule has 0 bridgehead atoms. The normalized spacial score (nSPS) is 18.5. The smallest absolute Gasteiger partial charge is 0.224 e. The topological polar surface area (TPSA) is 68.2 Å². The Kier molecular flexibility index (Phi) is 4.10. The van der Waals surface area contributed by atoms with E-state index < -0.39 is 11.4 Å². The molecule has 106 valence electrons. The fourth-order valence-corrected chi connectivity index (χ4v) is 2.22. The van der Waals surface area contributed by atoms with Crippen molar-refractivity contribution >= 4 is 0 Å². The van der Waals surface area contributed by atoms with Crippen molar-refractivity contribution in [1.29, 1.82) is 0 Å². The molecular formula is C14H20O5. The average Bonchev–Trinajstić information content (AvgIpc) is 2.87. The Morgan fingerprint density at radius 1 is 1.21 bits per heavy atom. The van der Waals surface area contributed by atoms with Crippen LogP contribution in [0.5, 0.6) is 5.75 Å². The minimum absolute atomic E-state index is 0.0262. The molecule has 0 aliphatic carbocycles. The number of ether oxygens (including phenoxy) is 3. The van der Waals surface area contributed by atoms with E-state index in [1.807, 2.05) is 0 Å². The molecule has 0 radical (unpaired) electrons. The number of aliphatic hydroxyl groups excluding tert-OH is 1. The summed E-state index contributed by atoms with van der Waals surface area (Å²) in [7, 11) is 0. The Morgan fingerprint density at radius 2 is 1.79 bits per heavy atom. The van der Waals surface area contributed by atoms with Gasteiger partial charge in [-0.25, -0.2) is 0 Å². The van der Waals surface area contributed by atoms with E-state index in [-0.39, 0.29) is 13.2 Å². The maximum absolute atomic E-state index is 10.3. The molecule has 2 rings (SSSR count). The summed E-state index contributed by atoms with van der Waals surface area (Å²) in [6.07, 6.45) is 0. The number of aliphatic hydroxyl groups is 2. The van der Waals surface area contributed by atoms with Crippen LogP contribution in [0.4, 0.5) is 0 Å². The SMILES string of the molecule is CC(C)(O)C1(c2ccc(OCCO)cc2)OCCO1. The second-order valence-corrected chi connectivity index (χ2v) is 4.97. The van der Waals surface area contributed by atoms with Gasteiger partial charge in [0.15, 0.2) is 0 Å². The molecule has 1 heterocycles. The molecule has 1 aromatic carbocycles. The molecule has 0 aromatic heterocycles. The van der Waals surface area contributed by atoms with E-state index in [9.17, 15) is 5.11 Å². The molecule has 1 saturated heterocycles. The van der Waals surface area contributed by atoms with Gasteiger partial charge in [-0.2, -0.15) is 0 Å². The van der Waals surface area contributed by atoms with Gasteiger partial charge >= 0.3 is 0 Å².